The van der Waals surface area contributed by atoms with Crippen LogP contribution >= 0.6 is 11.6 Å². The molecule has 9 heteroatoms. The Morgan fingerprint density at radius 3 is 2.86 bits per heavy atom. The number of rotatable bonds is 7. The second-order valence-corrected chi connectivity index (χ2v) is 6.71. The first-order valence-electron chi connectivity index (χ1n) is 8.90. The molecule has 3 N–H and O–H groups in total. The van der Waals surface area contributed by atoms with Gasteiger partial charge in [-0.2, -0.15) is 0 Å². The Morgan fingerprint density at radius 2 is 2.10 bits per heavy atom. The van der Waals surface area contributed by atoms with E-state index in [0.29, 0.717) is 23.8 Å². The van der Waals surface area contributed by atoms with Crippen molar-refractivity contribution in [3.05, 3.63) is 65.7 Å². The van der Waals surface area contributed by atoms with Crippen LogP contribution in [0.1, 0.15) is 5.69 Å². The van der Waals surface area contributed by atoms with Gasteiger partial charge in [0.1, 0.15) is 23.7 Å². The molecule has 0 amide bonds. The number of ether oxygens (including phenoxy) is 1. The third-order valence-electron chi connectivity index (χ3n) is 4.40. The van der Waals surface area contributed by atoms with E-state index < -0.39 is 5.82 Å². The summed E-state index contributed by atoms with van der Waals surface area (Å²) in [5, 5.41) is 7.33. The van der Waals surface area contributed by atoms with Crippen LogP contribution in [0.15, 0.2) is 49.2 Å². The number of hydrogen-bond acceptors (Lipinski definition) is 6. The molecule has 0 bridgehead atoms. The molecule has 0 radical (unpaired) electrons. The summed E-state index contributed by atoms with van der Waals surface area (Å²) in [5.41, 5.74) is 3.23. The van der Waals surface area contributed by atoms with Gasteiger partial charge in [0.2, 0.25) is 0 Å². The van der Waals surface area contributed by atoms with Gasteiger partial charge in [-0.25, -0.2) is 19.3 Å². The van der Waals surface area contributed by atoms with Crippen LogP contribution in [0, 0.1) is 5.82 Å². The molecule has 0 aliphatic heterocycles. The van der Waals surface area contributed by atoms with Gasteiger partial charge < -0.3 is 20.4 Å². The third kappa shape index (κ3) is 4.22. The number of anilines is 3. The van der Waals surface area contributed by atoms with Gasteiger partial charge in [-0.15, -0.1) is 0 Å². The van der Waals surface area contributed by atoms with Crippen molar-refractivity contribution in [2.24, 2.45) is 0 Å². The first-order chi connectivity index (χ1) is 14.1. The van der Waals surface area contributed by atoms with Crippen LogP contribution in [0.4, 0.5) is 21.6 Å². The van der Waals surface area contributed by atoms with Crippen LogP contribution in [-0.4, -0.2) is 33.6 Å². The molecule has 2 heterocycles. The van der Waals surface area contributed by atoms with Gasteiger partial charge >= 0.3 is 0 Å². The lowest BCUT2D eigenvalue weighted by Gasteiger charge is -2.14. The van der Waals surface area contributed by atoms with E-state index in [4.69, 9.17) is 16.3 Å². The summed E-state index contributed by atoms with van der Waals surface area (Å²) in [7, 11) is 1.61. The molecule has 4 aromatic rings. The molecule has 0 atom stereocenters. The topological polar surface area (TPSA) is 87.8 Å². The number of H-pyrrole nitrogens is 1. The van der Waals surface area contributed by atoms with E-state index in [1.54, 1.807) is 25.7 Å². The first kappa shape index (κ1) is 18.9. The fraction of sp³-hybridized carbons (Fsp3) is 0.150. The summed E-state index contributed by atoms with van der Waals surface area (Å²) < 4.78 is 19.0. The molecule has 7 nitrogen and oxygen atoms in total. The van der Waals surface area contributed by atoms with Gasteiger partial charge in [-0.1, -0.05) is 11.6 Å². The predicted molar refractivity (Wildman–Crippen MR) is 112 cm³/mol. The average Bonchev–Trinajstić information content (AvgIpc) is 3.24. The van der Waals surface area contributed by atoms with Gasteiger partial charge in [0, 0.05) is 35.9 Å². The van der Waals surface area contributed by atoms with Gasteiger partial charge in [0.15, 0.2) is 0 Å². The van der Waals surface area contributed by atoms with E-state index in [0.717, 1.165) is 28.7 Å². The van der Waals surface area contributed by atoms with Gasteiger partial charge in [0.25, 0.3) is 0 Å². The van der Waals surface area contributed by atoms with Crippen LogP contribution in [0.5, 0.6) is 5.75 Å². The summed E-state index contributed by atoms with van der Waals surface area (Å²) in [6, 6.07) is 8.18. The summed E-state index contributed by atoms with van der Waals surface area (Å²) >= 11 is 5.87. The largest absolute Gasteiger partial charge is 0.495 e. The van der Waals surface area contributed by atoms with Crippen LogP contribution < -0.4 is 15.4 Å². The maximum absolute atomic E-state index is 13.4. The van der Waals surface area contributed by atoms with Crippen molar-refractivity contribution in [1.82, 2.24) is 19.9 Å². The lowest BCUT2D eigenvalue weighted by Crippen LogP contribution is -2.07. The first-order valence-corrected chi connectivity index (χ1v) is 9.28. The van der Waals surface area contributed by atoms with E-state index >= 15 is 0 Å². The summed E-state index contributed by atoms with van der Waals surface area (Å²) in [6.45, 7) is 0.703. The molecule has 29 heavy (non-hydrogen) atoms. The van der Waals surface area contributed by atoms with Gasteiger partial charge in [-0.3, -0.25) is 0 Å². The van der Waals surface area contributed by atoms with Gasteiger partial charge in [-0.05, 0) is 30.3 Å². The monoisotopic (exact) mass is 412 g/mol. The van der Waals surface area contributed by atoms with Crippen molar-refractivity contribution in [3.8, 4) is 5.75 Å². The molecule has 2 aromatic carbocycles. The molecule has 0 aliphatic carbocycles. The molecule has 148 valence electrons. The zero-order valence-electron chi connectivity index (χ0n) is 15.5. The number of fused-ring (bicyclic) bond motifs is 1. The maximum atomic E-state index is 13.4. The number of nitrogens with zero attached hydrogens (tertiary/aromatic N) is 3. The highest BCUT2D eigenvalue weighted by Crippen LogP contribution is 2.33. The SMILES string of the molecule is COc1cc2c(Nc3ccc(F)c(Cl)c3)ncnc2cc1NCCc1cnc[nH]1. The van der Waals surface area contributed by atoms with Crippen molar-refractivity contribution < 1.29 is 9.13 Å². The second kappa shape index (κ2) is 8.32. The number of halogens is 2. The minimum atomic E-state index is -0.475. The molecule has 0 saturated heterocycles. The van der Waals surface area contributed by atoms with Gasteiger partial charge in [0.05, 0.1) is 29.7 Å². The molecule has 0 spiro atoms. The zero-order chi connectivity index (χ0) is 20.2. The minimum Gasteiger partial charge on any atom is -0.495 e. The number of hydrogen-bond donors (Lipinski definition) is 3. The molecule has 0 unspecified atom stereocenters. The number of benzene rings is 2. The van der Waals surface area contributed by atoms with E-state index in [2.05, 4.69) is 30.6 Å². The highest BCUT2D eigenvalue weighted by Gasteiger charge is 2.11. The Hall–Kier alpha value is -3.39. The number of aromatic nitrogens is 4. The van der Waals surface area contributed by atoms with E-state index in [1.165, 1.54) is 18.5 Å². The lowest BCUT2D eigenvalue weighted by molar-refractivity contribution is 0.417. The van der Waals surface area contributed by atoms with Crippen LogP contribution in [0.2, 0.25) is 5.02 Å². The van der Waals surface area contributed by atoms with Crippen molar-refractivity contribution in [2.75, 3.05) is 24.3 Å². The number of aromatic amines is 1. The smallest absolute Gasteiger partial charge is 0.142 e. The Morgan fingerprint density at radius 1 is 1.21 bits per heavy atom. The molecule has 0 aliphatic rings. The maximum Gasteiger partial charge on any atom is 0.142 e. The highest BCUT2D eigenvalue weighted by molar-refractivity contribution is 6.31. The normalized spacial score (nSPS) is 10.9. The summed E-state index contributed by atoms with van der Waals surface area (Å²) in [4.78, 5) is 15.8. The Kier molecular flexibility index (Phi) is 5.44. The van der Waals surface area contributed by atoms with Crippen LogP contribution in [0.25, 0.3) is 10.9 Å². The van der Waals surface area contributed by atoms with E-state index in [-0.39, 0.29) is 5.02 Å². The van der Waals surface area contributed by atoms with Crippen molar-refractivity contribution >= 4 is 39.7 Å². The molecular formula is C20H18ClFN6O. The van der Waals surface area contributed by atoms with Crippen molar-refractivity contribution in [3.63, 3.8) is 0 Å². The van der Waals surface area contributed by atoms with Crippen molar-refractivity contribution in [2.45, 2.75) is 6.42 Å². The quantitative estimate of drug-likeness (QED) is 0.412. The number of methoxy groups -OCH3 is 1. The Bertz CT molecular complexity index is 1140. The standard InChI is InChI=1S/C20H18ClFN6O/c1-29-19-7-14-17(8-18(19)24-5-4-13-9-23-10-25-13)26-11-27-20(14)28-12-2-3-16(22)15(21)6-12/h2-3,6-11,24H,4-5H2,1H3,(H,23,25)(H,26,27,28). The molecule has 0 saturated carbocycles. The van der Waals surface area contributed by atoms with Crippen molar-refractivity contribution in [1.29, 1.82) is 0 Å². The summed E-state index contributed by atoms with van der Waals surface area (Å²) in [5.74, 6) is 0.759. The Balaban J connectivity index is 1.61. The fourth-order valence-corrected chi connectivity index (χ4v) is 3.13. The molecular weight excluding hydrogens is 395 g/mol. The molecule has 0 fully saturated rings. The van der Waals surface area contributed by atoms with E-state index in [1.807, 2.05) is 12.1 Å². The summed E-state index contributed by atoms with van der Waals surface area (Å²) in [6.07, 6.45) is 5.72. The number of imidazole rings is 1. The Labute approximate surface area is 171 Å². The zero-order valence-corrected chi connectivity index (χ0v) is 16.3. The lowest BCUT2D eigenvalue weighted by atomic mass is 10.1. The predicted octanol–water partition coefficient (Wildman–Crippen LogP) is 4.55. The minimum absolute atomic E-state index is 0.0368. The van der Waals surface area contributed by atoms with Crippen LogP contribution in [0.3, 0.4) is 0 Å². The fourth-order valence-electron chi connectivity index (χ4n) is 2.95. The molecule has 2 aromatic heterocycles. The number of nitrogens with one attached hydrogen (secondary N) is 3. The van der Waals surface area contributed by atoms with Crippen LogP contribution in [-0.2, 0) is 6.42 Å². The average molecular weight is 413 g/mol. The molecule has 4 rings (SSSR count). The highest BCUT2D eigenvalue weighted by atomic mass is 35.5. The second-order valence-electron chi connectivity index (χ2n) is 6.30. The third-order valence-corrected chi connectivity index (χ3v) is 4.69. The van der Waals surface area contributed by atoms with E-state index in [9.17, 15) is 4.39 Å².